The zero-order valence-corrected chi connectivity index (χ0v) is 42.7. The molecular weight excluding hydrogens is 792 g/mol. The number of carbonyl (C=O) groups excluding carboxylic acids is 1. The summed E-state index contributed by atoms with van der Waals surface area (Å²) in [5.74, 6) is -0.176. The van der Waals surface area contributed by atoms with E-state index >= 15 is 0 Å². The first-order chi connectivity index (χ1) is 30.0. The first-order valence-electron chi connectivity index (χ1n) is 26.7. The molecule has 0 aromatic carbocycles. The highest BCUT2D eigenvalue weighted by Crippen LogP contribution is 2.38. The maximum Gasteiger partial charge on any atom is 0.268 e. The van der Waals surface area contributed by atoms with Crippen molar-refractivity contribution < 1.29 is 32.9 Å². The molecule has 0 aliphatic rings. The summed E-state index contributed by atoms with van der Waals surface area (Å²) in [6.07, 6.45) is 54.8. The van der Waals surface area contributed by atoms with Gasteiger partial charge < -0.3 is 28.8 Å². The van der Waals surface area contributed by atoms with E-state index in [9.17, 15) is 19.4 Å². The molecule has 3 unspecified atom stereocenters. The van der Waals surface area contributed by atoms with Crippen LogP contribution in [0.3, 0.4) is 0 Å². The van der Waals surface area contributed by atoms with Crippen molar-refractivity contribution in [1.29, 1.82) is 0 Å². The predicted molar refractivity (Wildman–Crippen MR) is 265 cm³/mol. The van der Waals surface area contributed by atoms with Gasteiger partial charge in [-0.05, 0) is 44.9 Å². The fourth-order valence-corrected chi connectivity index (χ4v) is 8.68. The lowest BCUT2D eigenvalue weighted by Gasteiger charge is -2.30. The van der Waals surface area contributed by atoms with Crippen LogP contribution in [-0.2, 0) is 18.4 Å². The van der Waals surface area contributed by atoms with Crippen molar-refractivity contribution in [3.63, 3.8) is 0 Å². The molecule has 1 amide bonds. The van der Waals surface area contributed by atoms with Crippen LogP contribution in [0, 0.1) is 0 Å². The third-order valence-electron chi connectivity index (χ3n) is 12.2. The summed E-state index contributed by atoms with van der Waals surface area (Å²) < 4.78 is 23.4. The number of nitrogens with zero attached hydrogens (tertiary/aromatic N) is 1. The van der Waals surface area contributed by atoms with Crippen molar-refractivity contribution in [2.45, 2.75) is 270 Å². The van der Waals surface area contributed by atoms with Crippen molar-refractivity contribution >= 4 is 13.7 Å². The second-order valence-electron chi connectivity index (χ2n) is 19.6. The summed E-state index contributed by atoms with van der Waals surface area (Å²) in [5, 5.41) is 14.0. The molecule has 9 heteroatoms. The van der Waals surface area contributed by atoms with Crippen molar-refractivity contribution in [3.05, 3.63) is 24.3 Å². The summed E-state index contributed by atoms with van der Waals surface area (Å²) in [6.45, 7) is 4.72. The van der Waals surface area contributed by atoms with E-state index in [2.05, 4.69) is 43.5 Å². The minimum atomic E-state index is -4.57. The van der Waals surface area contributed by atoms with Crippen LogP contribution in [0.5, 0.6) is 0 Å². The molecule has 0 heterocycles. The Balaban J connectivity index is 4.20. The number of phosphoric ester groups is 1. The predicted octanol–water partition coefficient (Wildman–Crippen LogP) is 15.0. The van der Waals surface area contributed by atoms with Crippen LogP contribution in [0.25, 0.3) is 0 Å². The first kappa shape index (κ1) is 61.0. The van der Waals surface area contributed by atoms with Gasteiger partial charge in [0.05, 0.1) is 39.9 Å². The Morgan fingerprint density at radius 1 is 0.565 bits per heavy atom. The van der Waals surface area contributed by atoms with E-state index in [0.717, 1.165) is 64.2 Å². The molecule has 0 rings (SSSR count). The average Bonchev–Trinajstić information content (AvgIpc) is 3.23. The number of rotatable bonds is 49. The van der Waals surface area contributed by atoms with E-state index in [0.29, 0.717) is 23.9 Å². The van der Waals surface area contributed by atoms with E-state index in [1.807, 2.05) is 21.1 Å². The van der Waals surface area contributed by atoms with Crippen molar-refractivity contribution in [2.75, 3.05) is 40.9 Å². The fraction of sp³-hybridized carbons (Fsp3) is 0.906. The van der Waals surface area contributed by atoms with Gasteiger partial charge >= 0.3 is 0 Å². The largest absolute Gasteiger partial charge is 0.756 e. The van der Waals surface area contributed by atoms with Gasteiger partial charge in [0.1, 0.15) is 13.2 Å². The molecule has 368 valence electrons. The molecule has 0 spiro atoms. The summed E-state index contributed by atoms with van der Waals surface area (Å²) in [4.78, 5) is 25.4. The van der Waals surface area contributed by atoms with E-state index in [1.165, 1.54) is 167 Å². The number of aliphatic hydroxyl groups excluding tert-OH is 1. The molecule has 0 fully saturated rings. The van der Waals surface area contributed by atoms with Crippen LogP contribution in [0.2, 0.25) is 0 Å². The monoisotopic (exact) mass is 897 g/mol. The Kier molecular flexibility index (Phi) is 44.4. The van der Waals surface area contributed by atoms with Gasteiger partial charge in [0.15, 0.2) is 0 Å². The van der Waals surface area contributed by atoms with E-state index < -0.39 is 20.0 Å². The van der Waals surface area contributed by atoms with E-state index in [4.69, 9.17) is 9.05 Å². The number of carbonyl (C=O) groups is 1. The standard InChI is InChI=1S/C53H105N2O6P/c1-6-8-10-12-14-16-18-20-22-24-25-26-27-28-29-30-31-32-34-36-38-40-42-44-46-52(56)51(50-61-62(58,59)60-49-48-55(3,4)5)54-53(57)47-45-43-41-39-37-35-33-23-21-19-17-15-13-11-9-7-2/h17,19,23,33,51-52,56H,6-16,18,20-22,24-32,34-50H2,1-5H3,(H-,54,57,58,59)/b19-17-,33-23-. The smallest absolute Gasteiger partial charge is 0.268 e. The highest BCUT2D eigenvalue weighted by molar-refractivity contribution is 7.45. The third-order valence-corrected chi connectivity index (χ3v) is 13.2. The molecule has 8 nitrogen and oxygen atoms in total. The Labute approximate surface area is 385 Å². The number of allylic oxidation sites excluding steroid dienone is 4. The number of phosphoric acid groups is 1. The number of quaternary nitrogens is 1. The van der Waals surface area contributed by atoms with Crippen LogP contribution in [0.1, 0.15) is 258 Å². The van der Waals surface area contributed by atoms with Crippen LogP contribution in [-0.4, -0.2) is 68.5 Å². The maximum atomic E-state index is 12.9. The molecule has 62 heavy (non-hydrogen) atoms. The molecule has 0 saturated heterocycles. The quantitative estimate of drug-likeness (QED) is 0.0273. The minimum absolute atomic E-state index is 0.0102. The highest BCUT2D eigenvalue weighted by atomic mass is 31.2. The van der Waals surface area contributed by atoms with Gasteiger partial charge in [-0.1, -0.05) is 231 Å². The molecule has 0 saturated carbocycles. The van der Waals surface area contributed by atoms with Gasteiger partial charge in [0.25, 0.3) is 7.82 Å². The molecule has 0 bridgehead atoms. The average molecular weight is 897 g/mol. The van der Waals surface area contributed by atoms with Crippen LogP contribution >= 0.6 is 7.82 Å². The Morgan fingerprint density at radius 2 is 0.935 bits per heavy atom. The van der Waals surface area contributed by atoms with Gasteiger partial charge in [-0.2, -0.15) is 0 Å². The van der Waals surface area contributed by atoms with Gasteiger partial charge in [-0.25, -0.2) is 0 Å². The zero-order chi connectivity index (χ0) is 45.7. The zero-order valence-electron chi connectivity index (χ0n) is 41.8. The Bertz CT molecular complexity index is 1060. The van der Waals surface area contributed by atoms with Crippen LogP contribution in [0.4, 0.5) is 0 Å². The van der Waals surface area contributed by atoms with Gasteiger partial charge in [0, 0.05) is 6.42 Å². The molecule has 0 aromatic heterocycles. The summed E-state index contributed by atoms with van der Waals surface area (Å²) >= 11 is 0. The number of unbranched alkanes of at least 4 members (excludes halogenated alkanes) is 32. The van der Waals surface area contributed by atoms with Gasteiger partial charge in [0.2, 0.25) is 5.91 Å². The van der Waals surface area contributed by atoms with Gasteiger partial charge in [-0.3, -0.25) is 9.36 Å². The minimum Gasteiger partial charge on any atom is -0.756 e. The van der Waals surface area contributed by atoms with Crippen LogP contribution in [0.15, 0.2) is 24.3 Å². The number of amides is 1. The number of hydrogen-bond donors (Lipinski definition) is 2. The highest BCUT2D eigenvalue weighted by Gasteiger charge is 2.24. The Hall–Kier alpha value is -1.02. The SMILES string of the molecule is CCCCCC/C=C\C/C=C\CCCCCCCC(=O)NC(COP(=O)([O-])OCC[N+](C)(C)C)C(O)CCCCCCCCCCCCCCCCCCCCCCCCCC. The van der Waals surface area contributed by atoms with Crippen molar-refractivity contribution in [3.8, 4) is 0 Å². The van der Waals surface area contributed by atoms with E-state index in [-0.39, 0.29) is 19.1 Å². The third kappa shape index (κ3) is 47.0. The normalized spacial score (nSPS) is 14.2. The number of aliphatic hydroxyl groups is 1. The first-order valence-corrected chi connectivity index (χ1v) is 28.1. The summed E-state index contributed by atoms with van der Waals surface area (Å²) in [6, 6.07) is -0.806. The molecule has 2 N–H and O–H groups in total. The van der Waals surface area contributed by atoms with Gasteiger partial charge in [-0.15, -0.1) is 0 Å². The molecule has 0 aliphatic heterocycles. The number of hydrogen-bond acceptors (Lipinski definition) is 6. The second-order valence-corrected chi connectivity index (χ2v) is 21.0. The summed E-state index contributed by atoms with van der Waals surface area (Å²) in [7, 11) is 1.30. The maximum absolute atomic E-state index is 12.9. The van der Waals surface area contributed by atoms with Crippen molar-refractivity contribution in [2.24, 2.45) is 0 Å². The topological polar surface area (TPSA) is 108 Å². The number of nitrogens with one attached hydrogen (secondary N) is 1. The van der Waals surface area contributed by atoms with Crippen LogP contribution < -0.4 is 10.2 Å². The van der Waals surface area contributed by atoms with E-state index in [1.54, 1.807) is 0 Å². The summed E-state index contributed by atoms with van der Waals surface area (Å²) in [5.41, 5.74) is 0. The lowest BCUT2D eigenvalue weighted by atomic mass is 10.0. The fourth-order valence-electron chi connectivity index (χ4n) is 7.95. The molecule has 0 aromatic rings. The molecule has 3 atom stereocenters. The Morgan fingerprint density at radius 3 is 1.35 bits per heavy atom. The lowest BCUT2D eigenvalue weighted by Crippen LogP contribution is -2.46. The molecule has 0 aliphatic carbocycles. The lowest BCUT2D eigenvalue weighted by molar-refractivity contribution is -0.870. The second kappa shape index (κ2) is 45.1. The number of likely N-dealkylation sites (N-methyl/N-ethyl adjacent to an activating group) is 1. The molecular formula is C53H105N2O6P. The van der Waals surface area contributed by atoms with Crippen molar-refractivity contribution in [1.82, 2.24) is 5.32 Å². The molecule has 0 radical (unpaired) electrons.